The summed E-state index contributed by atoms with van der Waals surface area (Å²) >= 11 is 4.27. The van der Waals surface area contributed by atoms with E-state index < -0.39 is 5.97 Å². The van der Waals surface area contributed by atoms with Crippen molar-refractivity contribution in [1.29, 1.82) is 0 Å². The lowest BCUT2D eigenvalue weighted by Crippen LogP contribution is -1.96. The minimum Gasteiger partial charge on any atom is -0.477 e. The van der Waals surface area contributed by atoms with E-state index in [2.05, 4.69) is 26.1 Å². The molecule has 0 unspecified atom stereocenters. The summed E-state index contributed by atoms with van der Waals surface area (Å²) < 4.78 is 6.23. The predicted octanol–water partition coefficient (Wildman–Crippen LogP) is 3.61. The van der Waals surface area contributed by atoms with Crippen molar-refractivity contribution < 1.29 is 14.3 Å². The van der Waals surface area contributed by atoms with Crippen molar-refractivity contribution in [3.63, 3.8) is 0 Å². The first-order chi connectivity index (χ1) is 9.58. The molecule has 1 N–H and O–H groups in total. The molecule has 0 radical (unpaired) electrons. The van der Waals surface area contributed by atoms with E-state index in [0.717, 1.165) is 21.8 Å². The molecule has 5 nitrogen and oxygen atoms in total. The predicted molar refractivity (Wildman–Crippen MR) is 79.3 cm³/mol. The number of benzene rings is 1. The Morgan fingerprint density at radius 1 is 1.40 bits per heavy atom. The summed E-state index contributed by atoms with van der Waals surface area (Å²) in [7, 11) is 0. The first-order valence-corrected chi connectivity index (χ1v) is 7.40. The highest BCUT2D eigenvalue weighted by atomic mass is 79.9. The highest BCUT2D eigenvalue weighted by Crippen LogP contribution is 2.27. The molecule has 0 aliphatic rings. The fourth-order valence-corrected chi connectivity index (χ4v) is 2.32. The van der Waals surface area contributed by atoms with Gasteiger partial charge in [0.2, 0.25) is 5.89 Å². The molecule has 0 fully saturated rings. The lowest BCUT2D eigenvalue weighted by Gasteiger charge is -1.99. The monoisotopic (exact) mass is 354 g/mol. The Kier molecular flexibility index (Phi) is 4.97. The Balaban J connectivity index is 2.22. The average molecular weight is 355 g/mol. The molecule has 0 bridgehead atoms. The van der Waals surface area contributed by atoms with Crippen LogP contribution in [0.1, 0.15) is 18.4 Å². The molecule has 0 aliphatic carbocycles. The van der Waals surface area contributed by atoms with Gasteiger partial charge in [-0.25, -0.2) is 4.79 Å². The molecule has 0 amide bonds. The number of carbonyl (C=O) groups is 1. The van der Waals surface area contributed by atoms with Gasteiger partial charge in [-0.2, -0.15) is 0 Å². The number of aromatic nitrogens is 2. The second-order valence-electron chi connectivity index (χ2n) is 3.78. The topological polar surface area (TPSA) is 76.2 Å². The van der Waals surface area contributed by atoms with Gasteiger partial charge in [0.15, 0.2) is 0 Å². The van der Waals surface area contributed by atoms with Crippen molar-refractivity contribution in [1.82, 2.24) is 10.2 Å². The number of hydrogen-bond acceptors (Lipinski definition) is 5. The molecule has 0 aliphatic heterocycles. The van der Waals surface area contributed by atoms with Crippen LogP contribution in [0, 0.1) is 0 Å². The van der Waals surface area contributed by atoms with Gasteiger partial charge in [0.1, 0.15) is 4.91 Å². The number of halogens is 1. The molecular formula is C13H11BrN2O3S. The molecule has 20 heavy (non-hydrogen) atoms. The Morgan fingerprint density at radius 3 is 2.65 bits per heavy atom. The van der Waals surface area contributed by atoms with Crippen LogP contribution in [0.4, 0.5) is 0 Å². The van der Waals surface area contributed by atoms with Crippen LogP contribution in [0.3, 0.4) is 0 Å². The first-order valence-electron chi connectivity index (χ1n) is 5.79. The third-order valence-electron chi connectivity index (χ3n) is 2.33. The second-order valence-corrected chi connectivity index (χ2v) is 5.69. The largest absolute Gasteiger partial charge is 0.477 e. The molecule has 0 saturated heterocycles. The van der Waals surface area contributed by atoms with Crippen LogP contribution in [0.2, 0.25) is 0 Å². The van der Waals surface area contributed by atoms with E-state index in [1.165, 1.54) is 0 Å². The summed E-state index contributed by atoms with van der Waals surface area (Å²) in [5.74, 6) is -0.546. The van der Waals surface area contributed by atoms with Gasteiger partial charge < -0.3 is 9.52 Å². The van der Waals surface area contributed by atoms with E-state index in [1.807, 2.05) is 31.2 Å². The normalized spacial score (nSPS) is 11.6. The van der Waals surface area contributed by atoms with Crippen LogP contribution in [0.15, 0.2) is 43.3 Å². The van der Waals surface area contributed by atoms with Gasteiger partial charge in [0, 0.05) is 10.9 Å². The molecule has 1 aromatic heterocycles. The Labute approximate surface area is 128 Å². The van der Waals surface area contributed by atoms with Gasteiger partial charge in [-0.15, -0.1) is 10.2 Å². The molecule has 0 saturated carbocycles. The number of carboxylic acids is 1. The molecule has 1 aromatic carbocycles. The fraction of sp³-hybridized carbons (Fsp3) is 0.154. The molecule has 0 atom stereocenters. The summed E-state index contributed by atoms with van der Waals surface area (Å²) in [5.41, 5.74) is 0.785. The van der Waals surface area contributed by atoms with Crippen LogP contribution in [-0.4, -0.2) is 21.3 Å². The zero-order chi connectivity index (χ0) is 14.5. The number of aryl methyl sites for hydroxylation is 1. The van der Waals surface area contributed by atoms with Crippen molar-refractivity contribution in [3.8, 4) is 0 Å². The van der Waals surface area contributed by atoms with E-state index in [4.69, 9.17) is 4.42 Å². The highest BCUT2D eigenvalue weighted by molar-refractivity contribution is 9.10. The molecule has 0 spiro atoms. The van der Waals surface area contributed by atoms with Gasteiger partial charge in [0.25, 0.3) is 5.22 Å². The number of hydrogen-bond donors (Lipinski definition) is 1. The van der Waals surface area contributed by atoms with Crippen molar-refractivity contribution in [2.75, 3.05) is 0 Å². The highest BCUT2D eigenvalue weighted by Gasteiger charge is 2.14. The summed E-state index contributed by atoms with van der Waals surface area (Å²) in [6.45, 7) is 1.89. The lowest BCUT2D eigenvalue weighted by atomic mass is 10.2. The van der Waals surface area contributed by atoms with E-state index in [9.17, 15) is 9.90 Å². The number of rotatable bonds is 5. The van der Waals surface area contributed by atoms with Gasteiger partial charge in [-0.3, -0.25) is 0 Å². The van der Waals surface area contributed by atoms with Gasteiger partial charge in [0.05, 0.1) is 0 Å². The minimum absolute atomic E-state index is 0.124. The zero-order valence-electron chi connectivity index (χ0n) is 10.5. The van der Waals surface area contributed by atoms with Crippen LogP contribution >= 0.6 is 27.7 Å². The summed E-state index contributed by atoms with van der Waals surface area (Å²) in [6, 6.07) is 7.33. The van der Waals surface area contributed by atoms with Crippen LogP contribution in [0.5, 0.6) is 0 Å². The zero-order valence-corrected chi connectivity index (χ0v) is 12.9. The molecule has 1 heterocycles. The second kappa shape index (κ2) is 6.71. The Hall–Kier alpha value is -1.60. The van der Waals surface area contributed by atoms with Crippen molar-refractivity contribution in [2.45, 2.75) is 18.6 Å². The van der Waals surface area contributed by atoms with Gasteiger partial charge in [-0.1, -0.05) is 35.0 Å². The van der Waals surface area contributed by atoms with Crippen LogP contribution < -0.4 is 0 Å². The van der Waals surface area contributed by atoms with Crippen molar-refractivity contribution in [3.05, 3.63) is 45.1 Å². The number of aliphatic carboxylic acids is 1. The van der Waals surface area contributed by atoms with Crippen molar-refractivity contribution in [2.24, 2.45) is 0 Å². The quantitative estimate of drug-likeness (QED) is 0.652. The maximum Gasteiger partial charge on any atom is 0.342 e. The van der Waals surface area contributed by atoms with Crippen molar-refractivity contribution >= 4 is 39.7 Å². The molecular weight excluding hydrogens is 344 g/mol. The summed E-state index contributed by atoms with van der Waals surface area (Å²) in [6.07, 6.45) is 2.18. The molecule has 104 valence electrons. The molecule has 2 aromatic rings. The summed E-state index contributed by atoms with van der Waals surface area (Å²) in [5, 5.41) is 17.1. The maximum atomic E-state index is 11.3. The molecule has 2 rings (SSSR count). The van der Waals surface area contributed by atoms with E-state index in [0.29, 0.717) is 12.3 Å². The van der Waals surface area contributed by atoms with E-state index in [1.54, 1.807) is 6.08 Å². The Morgan fingerprint density at radius 2 is 2.10 bits per heavy atom. The number of nitrogens with zero attached hydrogens (tertiary/aromatic N) is 2. The van der Waals surface area contributed by atoms with Gasteiger partial charge in [-0.05, 0) is 35.5 Å². The first kappa shape index (κ1) is 14.8. The average Bonchev–Trinajstić information content (AvgIpc) is 2.88. The van der Waals surface area contributed by atoms with E-state index in [-0.39, 0.29) is 10.1 Å². The van der Waals surface area contributed by atoms with Crippen LogP contribution in [0.25, 0.3) is 6.08 Å². The number of thioether (sulfide) groups is 1. The third kappa shape index (κ3) is 3.94. The number of carboxylic acid groups (broad SMARTS) is 1. The van der Waals surface area contributed by atoms with Crippen LogP contribution in [-0.2, 0) is 11.2 Å². The minimum atomic E-state index is -1.03. The summed E-state index contributed by atoms with van der Waals surface area (Å²) in [4.78, 5) is 11.4. The molecule has 7 heteroatoms. The van der Waals surface area contributed by atoms with E-state index >= 15 is 0 Å². The maximum absolute atomic E-state index is 11.3. The lowest BCUT2D eigenvalue weighted by molar-refractivity contribution is -0.131. The standard InChI is InChI=1S/C13H11BrN2O3S/c1-2-11-15-16-13(19-11)20-10(12(17)18)7-8-3-5-9(14)6-4-8/h3-7H,2H2,1H3,(H,17,18)/b10-7-. The SMILES string of the molecule is CCc1nnc(S/C(=C\c2ccc(Br)cc2)C(=O)O)o1. The fourth-order valence-electron chi connectivity index (χ4n) is 1.36. The van der Waals surface area contributed by atoms with Gasteiger partial charge >= 0.3 is 5.97 Å². The Bertz CT molecular complexity index is 637. The third-order valence-corrected chi connectivity index (χ3v) is 3.71. The smallest absolute Gasteiger partial charge is 0.342 e.